The summed E-state index contributed by atoms with van der Waals surface area (Å²) in [5.41, 5.74) is 0.900. The third kappa shape index (κ3) is 20.8. The van der Waals surface area contributed by atoms with Crippen LogP contribution in [0.15, 0.2) is 29.2 Å². The Labute approximate surface area is 248 Å². The molecule has 1 aromatic rings. The van der Waals surface area contributed by atoms with E-state index in [0.29, 0.717) is 19.6 Å². The predicted molar refractivity (Wildman–Crippen MR) is 146 cm³/mol. The van der Waals surface area contributed by atoms with E-state index in [9.17, 15) is 17.9 Å². The summed E-state index contributed by atoms with van der Waals surface area (Å²) in [6, 6.07) is 6.04. The second kappa shape index (κ2) is 23.0. The van der Waals surface area contributed by atoms with Crippen molar-refractivity contribution in [2.75, 3.05) is 26.2 Å². The zero-order chi connectivity index (χ0) is 26.5. The molecule has 0 aliphatic rings. The third-order valence-corrected chi connectivity index (χ3v) is 8.54. The number of hydrogen-bond donors (Lipinski definition) is 1. The van der Waals surface area contributed by atoms with Crippen molar-refractivity contribution in [2.45, 2.75) is 115 Å². The summed E-state index contributed by atoms with van der Waals surface area (Å²) in [7, 11) is -8.28. The minimum Gasteiger partial charge on any atom is -0.381 e. The van der Waals surface area contributed by atoms with E-state index < -0.39 is 24.1 Å². The van der Waals surface area contributed by atoms with E-state index in [-0.39, 0.29) is 41.1 Å². The maximum absolute atomic E-state index is 12.1. The van der Waals surface area contributed by atoms with Gasteiger partial charge in [-0.15, -0.1) is 0 Å². The van der Waals surface area contributed by atoms with Crippen molar-refractivity contribution in [2.24, 2.45) is 0 Å². The van der Waals surface area contributed by atoms with Gasteiger partial charge in [0.05, 0.1) is 11.5 Å². The van der Waals surface area contributed by atoms with Crippen LogP contribution in [-0.4, -0.2) is 39.5 Å². The van der Waals surface area contributed by atoms with Gasteiger partial charge in [-0.25, -0.2) is 0 Å². The molecule has 1 unspecified atom stereocenters. The first-order valence-electron chi connectivity index (χ1n) is 13.8. The summed E-state index contributed by atoms with van der Waals surface area (Å²) in [5, 5.41) is 0. The molecule has 1 rings (SSSR count). The van der Waals surface area contributed by atoms with Crippen LogP contribution in [0.5, 0.6) is 0 Å². The number of ether oxygens (including phenoxy) is 1. The SMILES string of the molecule is CCCCCCCCCCCCCCCCOCCCOP(=O)(O)COS(=O)(=O)c1ccc(C)cc1.[Na+]. The Morgan fingerprint density at radius 2 is 1.19 bits per heavy atom. The van der Waals surface area contributed by atoms with E-state index >= 15 is 0 Å². The number of rotatable bonds is 24. The molecule has 0 radical (unpaired) electrons. The van der Waals surface area contributed by atoms with Gasteiger partial charge in [0.2, 0.25) is 0 Å². The van der Waals surface area contributed by atoms with E-state index in [1.807, 2.05) is 6.92 Å². The van der Waals surface area contributed by atoms with Gasteiger partial charge < -0.3 is 14.2 Å². The monoisotopic (exact) mass is 571 g/mol. The van der Waals surface area contributed by atoms with Gasteiger partial charge in [0.1, 0.15) is 0 Å². The van der Waals surface area contributed by atoms with Gasteiger partial charge in [-0.2, -0.15) is 8.42 Å². The van der Waals surface area contributed by atoms with Crippen molar-refractivity contribution < 1.29 is 60.9 Å². The number of unbranched alkanes of at least 4 members (excludes halogenated alkanes) is 13. The molecule has 0 aromatic heterocycles. The molecule has 0 spiro atoms. The standard InChI is InChI=1S/C27H49O7PS.Na/c1-3-4-5-6-7-8-9-10-11-12-13-14-15-16-22-32-23-17-24-33-35(28,29)25-34-36(30,31)27-20-18-26(2)19-21-27;/h18-21H,3-17,22-25H2,1-2H3,(H,28,29);/q;+1. The van der Waals surface area contributed by atoms with Crippen LogP contribution in [0.1, 0.15) is 109 Å². The molecule has 1 aromatic carbocycles. The zero-order valence-electron chi connectivity index (χ0n) is 23.5. The minimum absolute atomic E-state index is 0. The van der Waals surface area contributed by atoms with Crippen molar-refractivity contribution in [1.82, 2.24) is 0 Å². The molecule has 0 saturated heterocycles. The van der Waals surface area contributed by atoms with E-state index in [4.69, 9.17) is 13.4 Å². The average Bonchev–Trinajstić information content (AvgIpc) is 2.84. The first kappa shape index (κ1) is 37.2. The molecule has 0 amide bonds. The van der Waals surface area contributed by atoms with Crippen LogP contribution < -0.4 is 29.6 Å². The third-order valence-electron chi connectivity index (χ3n) is 6.05. The topological polar surface area (TPSA) is 99.1 Å². The number of hydrogen-bond acceptors (Lipinski definition) is 6. The van der Waals surface area contributed by atoms with Crippen LogP contribution >= 0.6 is 7.60 Å². The Kier molecular flexibility index (Phi) is 23.1. The maximum atomic E-state index is 12.1. The Bertz CT molecular complexity index is 819. The van der Waals surface area contributed by atoms with Gasteiger partial charge >= 0.3 is 37.2 Å². The van der Waals surface area contributed by atoms with Crippen LogP contribution in [-0.2, 0) is 28.1 Å². The number of benzene rings is 1. The second-order valence-corrected chi connectivity index (χ2v) is 13.0. The number of aryl methyl sites for hydroxylation is 1. The van der Waals surface area contributed by atoms with Gasteiger partial charge in [-0.3, -0.25) is 8.75 Å². The quantitative estimate of drug-likeness (QED) is 0.0827. The second-order valence-electron chi connectivity index (χ2n) is 9.55. The molecule has 0 fully saturated rings. The molecule has 210 valence electrons. The summed E-state index contributed by atoms with van der Waals surface area (Å²) >= 11 is 0. The summed E-state index contributed by atoms with van der Waals surface area (Å²) < 4.78 is 51.5. The molecule has 0 bridgehead atoms. The van der Waals surface area contributed by atoms with Crippen LogP contribution in [0.25, 0.3) is 0 Å². The first-order valence-corrected chi connectivity index (χ1v) is 16.9. The molecular weight excluding hydrogens is 522 g/mol. The van der Waals surface area contributed by atoms with Crippen molar-refractivity contribution in [3.8, 4) is 0 Å². The zero-order valence-corrected chi connectivity index (χ0v) is 27.2. The maximum Gasteiger partial charge on any atom is 1.00 e. The fraction of sp³-hybridized carbons (Fsp3) is 0.778. The van der Waals surface area contributed by atoms with E-state index in [0.717, 1.165) is 18.4 Å². The van der Waals surface area contributed by atoms with Gasteiger partial charge in [0, 0.05) is 13.2 Å². The van der Waals surface area contributed by atoms with Crippen LogP contribution in [0.4, 0.5) is 0 Å². The minimum atomic E-state index is -4.17. The Morgan fingerprint density at radius 3 is 1.70 bits per heavy atom. The fourth-order valence-corrected chi connectivity index (χ4v) is 6.00. The molecule has 0 aliphatic carbocycles. The predicted octanol–water partition coefficient (Wildman–Crippen LogP) is 4.75. The molecule has 0 aliphatic heterocycles. The summed E-state index contributed by atoms with van der Waals surface area (Å²) in [6.07, 6.45) is 18.0. The van der Waals surface area contributed by atoms with E-state index in [1.54, 1.807) is 12.1 Å². The van der Waals surface area contributed by atoms with Crippen LogP contribution in [0.3, 0.4) is 0 Å². The summed E-state index contributed by atoms with van der Waals surface area (Å²) in [5.74, 6) is 0. The fourth-order valence-electron chi connectivity index (χ4n) is 3.82. The van der Waals surface area contributed by atoms with E-state index in [1.165, 1.54) is 89.2 Å². The van der Waals surface area contributed by atoms with Gasteiger partial charge in [0.15, 0.2) is 6.35 Å². The van der Waals surface area contributed by atoms with E-state index in [2.05, 4.69) is 6.92 Å². The Morgan fingerprint density at radius 1 is 0.730 bits per heavy atom. The molecule has 7 nitrogen and oxygen atoms in total. The average molecular weight is 572 g/mol. The van der Waals surface area contributed by atoms with Crippen molar-refractivity contribution in [3.63, 3.8) is 0 Å². The molecule has 0 saturated carbocycles. The van der Waals surface area contributed by atoms with Crippen molar-refractivity contribution in [1.29, 1.82) is 0 Å². The molecule has 1 N–H and O–H groups in total. The smallest absolute Gasteiger partial charge is 0.381 e. The molecule has 37 heavy (non-hydrogen) atoms. The summed E-state index contributed by atoms with van der Waals surface area (Å²) in [4.78, 5) is 9.75. The molecule has 1 atom stereocenters. The van der Waals surface area contributed by atoms with Gasteiger partial charge in [-0.05, 0) is 31.9 Å². The van der Waals surface area contributed by atoms with Crippen LogP contribution in [0, 0.1) is 6.92 Å². The largest absolute Gasteiger partial charge is 1.00 e. The van der Waals surface area contributed by atoms with Gasteiger partial charge in [0.25, 0.3) is 10.1 Å². The summed E-state index contributed by atoms with van der Waals surface area (Å²) in [6.45, 7) is 5.19. The molecule has 10 heteroatoms. The van der Waals surface area contributed by atoms with Crippen molar-refractivity contribution in [3.05, 3.63) is 29.8 Å². The first-order chi connectivity index (χ1) is 17.3. The van der Waals surface area contributed by atoms with Gasteiger partial charge in [-0.1, -0.05) is 108 Å². The molecular formula is C27H49NaO7PS+. The van der Waals surface area contributed by atoms with Crippen LogP contribution in [0.2, 0.25) is 0 Å². The Hall–Kier alpha value is 0.240. The normalized spacial score (nSPS) is 13.3. The molecule has 0 heterocycles. The Balaban J connectivity index is 0.0000130. The van der Waals surface area contributed by atoms with Crippen molar-refractivity contribution >= 4 is 17.7 Å².